The highest BCUT2D eigenvalue weighted by Crippen LogP contribution is 1.98. The second kappa shape index (κ2) is 2.47. The van der Waals surface area contributed by atoms with E-state index in [2.05, 4.69) is 10.7 Å². The van der Waals surface area contributed by atoms with Gasteiger partial charge in [0.2, 0.25) is 0 Å². The summed E-state index contributed by atoms with van der Waals surface area (Å²) in [6, 6.07) is 0. The zero-order chi connectivity index (χ0) is 6.69. The zero-order valence-electron chi connectivity index (χ0n) is 5.68. The van der Waals surface area contributed by atoms with Crippen molar-refractivity contribution in [2.75, 3.05) is 0 Å². The summed E-state index contributed by atoms with van der Waals surface area (Å²) >= 11 is 0. The van der Waals surface area contributed by atoms with Gasteiger partial charge >= 0.3 is 0 Å². The van der Waals surface area contributed by atoms with E-state index in [1.807, 2.05) is 32.2 Å². The van der Waals surface area contributed by atoms with Gasteiger partial charge in [0.05, 0.1) is 0 Å². The van der Waals surface area contributed by atoms with Crippen molar-refractivity contribution >= 4 is 6.21 Å². The van der Waals surface area contributed by atoms with Crippen molar-refractivity contribution in [3.05, 3.63) is 29.2 Å². The largest absolute Gasteiger partial charge is 0.261 e. The van der Waals surface area contributed by atoms with Gasteiger partial charge in [0.1, 0.15) is 0 Å². The average Bonchev–Trinajstić information content (AvgIpc) is 1.97. The fraction of sp³-hybridized carbons (Fsp3) is 0.250. The van der Waals surface area contributed by atoms with Crippen LogP contribution in [0.2, 0.25) is 0 Å². The lowest BCUT2D eigenvalue weighted by atomic mass is 10.3. The van der Waals surface area contributed by atoms with E-state index in [0.29, 0.717) is 0 Å². The summed E-state index contributed by atoms with van der Waals surface area (Å²) < 4.78 is 0. The molecule has 0 amide bonds. The third kappa shape index (κ3) is 1.71. The molecule has 0 atom stereocenters. The molecule has 1 aliphatic rings. The molecule has 0 aromatic rings. The number of hydrogen-bond donors (Lipinski definition) is 0. The molecule has 0 saturated heterocycles. The molecule has 0 fully saturated rings. The Labute approximate surface area is 55.1 Å². The summed E-state index contributed by atoms with van der Waals surface area (Å²) in [6.45, 7) is 3.94. The minimum absolute atomic E-state index is 1.03. The fourth-order valence-corrected chi connectivity index (χ4v) is 0.573. The monoisotopic (exact) mass is 119 g/mol. The molecule has 0 bridgehead atoms. The predicted molar refractivity (Wildman–Crippen MR) is 39.5 cm³/mol. The molecule has 0 spiro atoms. The van der Waals surface area contributed by atoms with Crippen LogP contribution in [0.3, 0.4) is 0 Å². The topological polar surface area (TPSA) is 12.4 Å². The van der Waals surface area contributed by atoms with Gasteiger partial charge in [-0.25, -0.2) is 0 Å². The number of allylic oxidation sites excluding steroid dienone is 3. The normalized spacial score (nSPS) is 16.7. The third-order valence-electron chi connectivity index (χ3n) is 1.10. The maximum absolute atomic E-state index is 4.11. The van der Waals surface area contributed by atoms with Gasteiger partial charge in [-0.2, -0.15) is 0 Å². The van der Waals surface area contributed by atoms with Gasteiger partial charge in [0.25, 0.3) is 0 Å². The third-order valence-corrected chi connectivity index (χ3v) is 1.10. The van der Waals surface area contributed by atoms with Crippen LogP contribution in [-0.4, -0.2) is 6.21 Å². The molecule has 0 saturated carbocycles. The van der Waals surface area contributed by atoms with Crippen molar-refractivity contribution in [2.45, 2.75) is 13.8 Å². The first-order chi connectivity index (χ1) is 4.29. The lowest BCUT2D eigenvalue weighted by Gasteiger charge is -1.83. The van der Waals surface area contributed by atoms with E-state index in [1.54, 1.807) is 0 Å². The molecule has 0 N–H and O–H groups in total. The van der Waals surface area contributed by atoms with Crippen LogP contribution >= 0.6 is 0 Å². The summed E-state index contributed by atoms with van der Waals surface area (Å²) in [4.78, 5) is 4.11. The minimum atomic E-state index is 1.03. The predicted octanol–water partition coefficient (Wildman–Crippen LogP) is 2.08. The van der Waals surface area contributed by atoms with Crippen LogP contribution in [0.5, 0.6) is 0 Å². The Morgan fingerprint density at radius 3 is 3.00 bits per heavy atom. The Morgan fingerprint density at radius 1 is 1.44 bits per heavy atom. The zero-order valence-corrected chi connectivity index (χ0v) is 5.68. The van der Waals surface area contributed by atoms with Crippen LogP contribution < -0.4 is 0 Å². The second-order valence-electron chi connectivity index (χ2n) is 2.06. The molecule has 9 heavy (non-hydrogen) atoms. The van der Waals surface area contributed by atoms with Crippen molar-refractivity contribution in [3.8, 4) is 0 Å². The number of aliphatic imine (C=N–C) groups is 1. The first kappa shape index (κ1) is 6.06. The Hall–Kier alpha value is -1.07. The Morgan fingerprint density at radius 2 is 2.22 bits per heavy atom. The molecular weight excluding hydrogens is 110 g/mol. The van der Waals surface area contributed by atoms with Gasteiger partial charge in [-0.1, -0.05) is 0 Å². The molecule has 0 aliphatic carbocycles. The lowest BCUT2D eigenvalue weighted by Crippen LogP contribution is -1.72. The smallest absolute Gasteiger partial charge is 0.0379 e. The summed E-state index contributed by atoms with van der Waals surface area (Å²) in [5, 5.41) is 0. The van der Waals surface area contributed by atoms with E-state index >= 15 is 0 Å². The van der Waals surface area contributed by atoms with Crippen molar-refractivity contribution in [3.63, 3.8) is 0 Å². The van der Waals surface area contributed by atoms with E-state index in [1.165, 1.54) is 0 Å². The Kier molecular flexibility index (Phi) is 1.66. The van der Waals surface area contributed by atoms with E-state index in [-0.39, 0.29) is 0 Å². The molecule has 1 nitrogen and oxygen atoms in total. The van der Waals surface area contributed by atoms with Crippen LogP contribution in [0.15, 0.2) is 34.1 Å². The summed E-state index contributed by atoms with van der Waals surface area (Å²) in [6.07, 6.45) is 5.64. The second-order valence-corrected chi connectivity index (χ2v) is 2.06. The van der Waals surface area contributed by atoms with Gasteiger partial charge in [-0.15, -0.1) is 5.73 Å². The van der Waals surface area contributed by atoms with Crippen LogP contribution in [0.25, 0.3) is 0 Å². The van der Waals surface area contributed by atoms with Crippen molar-refractivity contribution in [2.24, 2.45) is 4.99 Å². The van der Waals surface area contributed by atoms with Crippen LogP contribution in [-0.2, 0) is 0 Å². The maximum atomic E-state index is 4.11. The first-order valence-electron chi connectivity index (χ1n) is 2.93. The maximum Gasteiger partial charge on any atom is 0.0379 e. The van der Waals surface area contributed by atoms with E-state index in [9.17, 15) is 0 Å². The highest BCUT2D eigenvalue weighted by atomic mass is 14.7. The van der Waals surface area contributed by atoms with Crippen LogP contribution in [0, 0.1) is 0 Å². The molecule has 0 aromatic heterocycles. The van der Waals surface area contributed by atoms with Crippen LogP contribution in [0.1, 0.15) is 13.8 Å². The molecule has 1 heteroatoms. The Bertz CT molecular complexity index is 225. The molecule has 0 radical (unpaired) electrons. The van der Waals surface area contributed by atoms with E-state index in [4.69, 9.17) is 0 Å². The number of rotatable bonds is 0. The molecule has 0 unspecified atom stereocenters. The lowest BCUT2D eigenvalue weighted by molar-refractivity contribution is 1.32. The number of nitrogens with zero attached hydrogens (tertiary/aromatic N) is 1. The summed E-state index contributed by atoms with van der Waals surface area (Å²) in [5.41, 5.74) is 5.14. The van der Waals surface area contributed by atoms with Crippen LogP contribution in [0.4, 0.5) is 0 Å². The minimum Gasteiger partial charge on any atom is -0.261 e. The molecular formula is C8H9N. The molecule has 1 aliphatic heterocycles. The first-order valence-corrected chi connectivity index (χ1v) is 2.93. The number of hydrogen-bond acceptors (Lipinski definition) is 1. The Balaban J connectivity index is 2.96. The van der Waals surface area contributed by atoms with Gasteiger partial charge in [-0.05, 0) is 26.0 Å². The fourth-order valence-electron chi connectivity index (χ4n) is 0.573. The molecule has 1 rings (SSSR count). The standard InChI is InChI=1S/C8H9N/c1-7-4-3-5-8(2)9-6-7/h3,5-6H,1-2H3. The quantitative estimate of drug-likeness (QED) is 0.433. The van der Waals surface area contributed by atoms with Crippen molar-refractivity contribution in [1.29, 1.82) is 0 Å². The average molecular weight is 119 g/mol. The van der Waals surface area contributed by atoms with Gasteiger partial charge in [0.15, 0.2) is 0 Å². The summed E-state index contributed by atoms with van der Waals surface area (Å²) in [5.74, 6) is 0. The van der Waals surface area contributed by atoms with E-state index in [0.717, 1.165) is 11.3 Å². The highest BCUT2D eigenvalue weighted by Gasteiger charge is 1.84. The van der Waals surface area contributed by atoms with Gasteiger partial charge in [0, 0.05) is 17.5 Å². The van der Waals surface area contributed by atoms with Crippen molar-refractivity contribution in [1.82, 2.24) is 0 Å². The molecule has 1 heterocycles. The SMILES string of the molecule is CC1=C=CC=C(C)N=C1. The summed E-state index contributed by atoms with van der Waals surface area (Å²) in [7, 11) is 0. The van der Waals surface area contributed by atoms with E-state index < -0.39 is 0 Å². The molecule has 0 aromatic carbocycles. The molecule has 46 valence electrons. The van der Waals surface area contributed by atoms with Crippen molar-refractivity contribution < 1.29 is 0 Å². The van der Waals surface area contributed by atoms with Gasteiger partial charge in [-0.3, -0.25) is 4.99 Å². The highest BCUT2D eigenvalue weighted by molar-refractivity contribution is 5.78. The van der Waals surface area contributed by atoms with Gasteiger partial charge < -0.3 is 0 Å².